The summed E-state index contributed by atoms with van der Waals surface area (Å²) in [4.78, 5) is 6.52. The molecule has 2 fully saturated rings. The third kappa shape index (κ3) is 2.67. The largest absolute Gasteiger partial charge is 0.363 e. The molecule has 4 atom stereocenters. The lowest BCUT2D eigenvalue weighted by atomic mass is 9.83. The van der Waals surface area contributed by atoms with Crippen molar-refractivity contribution in [1.29, 1.82) is 0 Å². The molecule has 0 radical (unpaired) electrons. The number of fused-ring (bicyclic) bond motifs is 2. The van der Waals surface area contributed by atoms with Crippen molar-refractivity contribution < 1.29 is 0 Å². The molecule has 2 aliphatic carbocycles. The van der Waals surface area contributed by atoms with Gasteiger partial charge in [-0.3, -0.25) is 11.3 Å². The van der Waals surface area contributed by atoms with Crippen molar-refractivity contribution in [2.75, 3.05) is 19.0 Å². The zero-order valence-electron chi connectivity index (χ0n) is 12.5. The third-order valence-electron chi connectivity index (χ3n) is 5.26. The molecule has 2 aliphatic rings. The third-order valence-corrected chi connectivity index (χ3v) is 5.26. The average Bonchev–Trinajstić information content (AvgIpc) is 3.07. The van der Waals surface area contributed by atoms with Gasteiger partial charge < -0.3 is 4.90 Å². The molecule has 2 saturated carbocycles. The maximum atomic E-state index is 5.79. The van der Waals surface area contributed by atoms with E-state index in [1.54, 1.807) is 0 Å². The van der Waals surface area contributed by atoms with E-state index in [4.69, 9.17) is 5.84 Å². The van der Waals surface area contributed by atoms with E-state index in [0.29, 0.717) is 0 Å². The van der Waals surface area contributed by atoms with E-state index >= 15 is 0 Å². The van der Waals surface area contributed by atoms with E-state index in [-0.39, 0.29) is 6.04 Å². The summed E-state index contributed by atoms with van der Waals surface area (Å²) < 4.78 is 0. The molecule has 4 nitrogen and oxygen atoms in total. The van der Waals surface area contributed by atoms with E-state index in [9.17, 15) is 0 Å². The van der Waals surface area contributed by atoms with Gasteiger partial charge in [-0.1, -0.05) is 12.5 Å². The topological polar surface area (TPSA) is 54.2 Å². The number of aromatic nitrogens is 1. The van der Waals surface area contributed by atoms with Gasteiger partial charge >= 0.3 is 0 Å². The Kier molecular flexibility index (Phi) is 3.94. The number of nitrogens with two attached hydrogens (primary N) is 1. The van der Waals surface area contributed by atoms with Crippen LogP contribution in [0.25, 0.3) is 0 Å². The van der Waals surface area contributed by atoms with E-state index in [2.05, 4.69) is 22.5 Å². The minimum absolute atomic E-state index is 0.239. The molecule has 4 heteroatoms. The molecule has 1 aromatic rings. The van der Waals surface area contributed by atoms with E-state index in [0.717, 1.165) is 30.0 Å². The SMILES string of the molecule is CN(C)c1ccc(C(CC2CC3CCC2C3)NN)cn1. The van der Waals surface area contributed by atoms with Crippen LogP contribution in [0.4, 0.5) is 5.82 Å². The van der Waals surface area contributed by atoms with E-state index in [1.807, 2.05) is 25.2 Å². The molecule has 0 saturated heterocycles. The van der Waals surface area contributed by atoms with Crippen molar-refractivity contribution in [3.8, 4) is 0 Å². The molecule has 4 unspecified atom stereocenters. The first-order chi connectivity index (χ1) is 9.67. The van der Waals surface area contributed by atoms with Crippen molar-refractivity contribution in [3.63, 3.8) is 0 Å². The normalized spacial score (nSPS) is 29.6. The Morgan fingerprint density at radius 2 is 2.20 bits per heavy atom. The summed E-state index contributed by atoms with van der Waals surface area (Å²) in [6, 6.07) is 4.46. The summed E-state index contributed by atoms with van der Waals surface area (Å²) in [5.74, 6) is 9.58. The molecule has 110 valence electrons. The Bertz CT molecular complexity index is 442. The van der Waals surface area contributed by atoms with Crippen molar-refractivity contribution in [3.05, 3.63) is 23.9 Å². The van der Waals surface area contributed by atoms with E-state index in [1.165, 1.54) is 31.2 Å². The fourth-order valence-corrected chi connectivity index (χ4v) is 4.14. The van der Waals surface area contributed by atoms with Gasteiger partial charge in [0.2, 0.25) is 0 Å². The maximum absolute atomic E-state index is 5.79. The number of hydrogen-bond acceptors (Lipinski definition) is 4. The second-order valence-electron chi connectivity index (χ2n) is 6.73. The van der Waals surface area contributed by atoms with Crippen LogP contribution in [0.3, 0.4) is 0 Å². The highest BCUT2D eigenvalue weighted by molar-refractivity contribution is 5.37. The van der Waals surface area contributed by atoms with Crippen LogP contribution in [0.5, 0.6) is 0 Å². The standard InChI is InChI=1S/C16H26N4/c1-20(2)16-6-5-13(10-18-16)15(19-17)9-14-8-11-3-4-12(14)7-11/h5-6,10-12,14-15,19H,3-4,7-9,17H2,1-2H3. The first kappa shape index (κ1) is 13.8. The number of nitrogens with zero attached hydrogens (tertiary/aromatic N) is 2. The zero-order chi connectivity index (χ0) is 14.1. The minimum Gasteiger partial charge on any atom is -0.363 e. The molecule has 0 amide bonds. The summed E-state index contributed by atoms with van der Waals surface area (Å²) >= 11 is 0. The van der Waals surface area contributed by atoms with Crippen LogP contribution < -0.4 is 16.2 Å². The van der Waals surface area contributed by atoms with Crippen LogP contribution in [-0.2, 0) is 0 Å². The molecule has 20 heavy (non-hydrogen) atoms. The lowest BCUT2D eigenvalue weighted by Gasteiger charge is -2.26. The Morgan fingerprint density at radius 3 is 2.70 bits per heavy atom. The van der Waals surface area contributed by atoms with Crippen LogP contribution in [0.2, 0.25) is 0 Å². The highest BCUT2D eigenvalue weighted by Gasteiger charge is 2.40. The molecular formula is C16H26N4. The molecule has 1 heterocycles. The summed E-state index contributed by atoms with van der Waals surface area (Å²) in [6.45, 7) is 0. The van der Waals surface area contributed by atoms with Crippen molar-refractivity contribution in [2.45, 2.75) is 38.1 Å². The van der Waals surface area contributed by atoms with Crippen LogP contribution >= 0.6 is 0 Å². The Morgan fingerprint density at radius 1 is 1.35 bits per heavy atom. The van der Waals surface area contributed by atoms with Crippen LogP contribution in [-0.4, -0.2) is 19.1 Å². The second-order valence-corrected chi connectivity index (χ2v) is 6.73. The first-order valence-electron chi connectivity index (χ1n) is 7.76. The van der Waals surface area contributed by atoms with Crippen LogP contribution in [0.15, 0.2) is 18.3 Å². The number of hydrazine groups is 1. The number of hydrogen-bond donors (Lipinski definition) is 2. The Balaban J connectivity index is 1.66. The van der Waals surface area contributed by atoms with Gasteiger partial charge in [-0.2, -0.15) is 0 Å². The van der Waals surface area contributed by atoms with Crippen molar-refractivity contribution in [2.24, 2.45) is 23.6 Å². The van der Waals surface area contributed by atoms with Gasteiger partial charge in [0.25, 0.3) is 0 Å². The van der Waals surface area contributed by atoms with Crippen LogP contribution in [0, 0.1) is 17.8 Å². The highest BCUT2D eigenvalue weighted by atomic mass is 15.2. The van der Waals surface area contributed by atoms with Crippen molar-refractivity contribution in [1.82, 2.24) is 10.4 Å². The smallest absolute Gasteiger partial charge is 0.127 e. The lowest BCUT2D eigenvalue weighted by Crippen LogP contribution is -2.31. The Hall–Kier alpha value is -1.13. The number of rotatable bonds is 5. The van der Waals surface area contributed by atoms with E-state index < -0.39 is 0 Å². The summed E-state index contributed by atoms with van der Waals surface area (Å²) in [5.41, 5.74) is 4.21. The van der Waals surface area contributed by atoms with Gasteiger partial charge in [0.05, 0.1) is 0 Å². The highest BCUT2D eigenvalue weighted by Crippen LogP contribution is 2.50. The second kappa shape index (κ2) is 5.70. The number of nitrogens with one attached hydrogen (secondary N) is 1. The molecule has 2 bridgehead atoms. The molecule has 3 N–H and O–H groups in total. The summed E-state index contributed by atoms with van der Waals surface area (Å²) in [7, 11) is 4.02. The molecule has 1 aromatic heterocycles. The van der Waals surface area contributed by atoms with Gasteiger partial charge in [0, 0.05) is 26.3 Å². The molecule has 0 aromatic carbocycles. The summed E-state index contributed by atoms with van der Waals surface area (Å²) in [5, 5.41) is 0. The van der Waals surface area contributed by atoms with Gasteiger partial charge in [0.1, 0.15) is 5.82 Å². The summed E-state index contributed by atoms with van der Waals surface area (Å²) in [6.07, 6.45) is 8.88. The lowest BCUT2D eigenvalue weighted by molar-refractivity contribution is 0.280. The van der Waals surface area contributed by atoms with Crippen molar-refractivity contribution >= 4 is 5.82 Å². The van der Waals surface area contributed by atoms with Gasteiger partial charge in [0.15, 0.2) is 0 Å². The maximum Gasteiger partial charge on any atom is 0.127 e. The predicted octanol–water partition coefficient (Wildman–Crippen LogP) is 2.48. The van der Waals surface area contributed by atoms with Gasteiger partial charge in [-0.25, -0.2) is 4.98 Å². The number of pyridine rings is 1. The fraction of sp³-hybridized carbons (Fsp3) is 0.688. The first-order valence-corrected chi connectivity index (χ1v) is 7.76. The van der Waals surface area contributed by atoms with Gasteiger partial charge in [-0.05, 0) is 55.1 Å². The quantitative estimate of drug-likeness (QED) is 0.640. The zero-order valence-corrected chi connectivity index (χ0v) is 12.5. The fourth-order valence-electron chi connectivity index (χ4n) is 4.14. The average molecular weight is 274 g/mol. The van der Waals surface area contributed by atoms with Crippen LogP contribution in [0.1, 0.15) is 43.7 Å². The predicted molar refractivity (Wildman–Crippen MR) is 82.2 cm³/mol. The molecular weight excluding hydrogens is 248 g/mol. The number of anilines is 1. The molecule has 3 rings (SSSR count). The molecule has 0 spiro atoms. The molecule has 0 aliphatic heterocycles. The Labute approximate surface area is 121 Å². The minimum atomic E-state index is 0.239. The van der Waals surface area contributed by atoms with Gasteiger partial charge in [-0.15, -0.1) is 0 Å². The monoisotopic (exact) mass is 274 g/mol.